The number of aromatic nitrogens is 1. The monoisotopic (exact) mass is 408 g/mol. The van der Waals surface area contributed by atoms with Crippen LogP contribution < -0.4 is 16.2 Å². The zero-order valence-electron chi connectivity index (χ0n) is 16.2. The summed E-state index contributed by atoms with van der Waals surface area (Å²) in [5.74, 6) is 0.963. The summed E-state index contributed by atoms with van der Waals surface area (Å²) in [7, 11) is 0. The topological polar surface area (TPSA) is 94.3 Å². The fraction of sp³-hybridized carbons (Fsp3) is 0.650. The highest BCUT2D eigenvalue weighted by molar-refractivity contribution is 5.95. The SMILES string of the molecule is CCc1[nH]c(=O)ccc1C(=O)NC[C@H]1[C@@H]2CNC[C@@H](C2)[C@@H]2CCCC(=O)N21.Cl. The first-order chi connectivity index (χ1) is 13.1. The van der Waals surface area contributed by atoms with Gasteiger partial charge in [-0.2, -0.15) is 0 Å². The third kappa shape index (κ3) is 3.82. The van der Waals surface area contributed by atoms with Gasteiger partial charge in [-0.1, -0.05) is 6.92 Å². The Morgan fingerprint density at radius 1 is 1.25 bits per heavy atom. The van der Waals surface area contributed by atoms with Crippen LogP contribution in [-0.4, -0.2) is 53.4 Å². The van der Waals surface area contributed by atoms with Gasteiger partial charge in [-0.05, 0) is 50.1 Å². The Bertz CT molecular complexity index is 796. The molecule has 4 rings (SSSR count). The zero-order chi connectivity index (χ0) is 19.0. The summed E-state index contributed by atoms with van der Waals surface area (Å²) in [6.45, 7) is 4.25. The average molecular weight is 409 g/mol. The number of aryl methyl sites for hydroxylation is 1. The van der Waals surface area contributed by atoms with E-state index in [2.05, 4.69) is 20.5 Å². The number of amides is 2. The van der Waals surface area contributed by atoms with Crippen molar-refractivity contribution in [1.29, 1.82) is 0 Å². The van der Waals surface area contributed by atoms with E-state index in [9.17, 15) is 14.4 Å². The van der Waals surface area contributed by atoms with E-state index in [1.165, 1.54) is 6.07 Å². The van der Waals surface area contributed by atoms with E-state index in [0.717, 1.165) is 32.4 Å². The van der Waals surface area contributed by atoms with Crippen LogP contribution in [0.5, 0.6) is 0 Å². The van der Waals surface area contributed by atoms with Gasteiger partial charge in [0.05, 0.1) is 11.6 Å². The summed E-state index contributed by atoms with van der Waals surface area (Å²) in [6.07, 6.45) is 4.37. The number of rotatable bonds is 4. The lowest BCUT2D eigenvalue weighted by atomic mass is 9.72. The highest BCUT2D eigenvalue weighted by atomic mass is 35.5. The molecule has 0 unspecified atom stereocenters. The Kier molecular flexibility index (Phi) is 6.45. The van der Waals surface area contributed by atoms with Crippen molar-refractivity contribution in [2.75, 3.05) is 19.6 Å². The third-order valence-corrected chi connectivity index (χ3v) is 6.47. The maximum Gasteiger partial charge on any atom is 0.253 e. The van der Waals surface area contributed by atoms with Crippen molar-refractivity contribution in [3.63, 3.8) is 0 Å². The van der Waals surface area contributed by atoms with E-state index < -0.39 is 0 Å². The van der Waals surface area contributed by atoms with E-state index >= 15 is 0 Å². The van der Waals surface area contributed by atoms with E-state index in [1.807, 2.05) is 6.92 Å². The van der Waals surface area contributed by atoms with Crippen molar-refractivity contribution in [2.24, 2.45) is 11.8 Å². The summed E-state index contributed by atoms with van der Waals surface area (Å²) in [5, 5.41) is 6.56. The van der Waals surface area contributed by atoms with Crippen LogP contribution >= 0.6 is 12.4 Å². The molecule has 3 fully saturated rings. The van der Waals surface area contributed by atoms with Gasteiger partial charge < -0.3 is 20.5 Å². The number of nitrogens with one attached hydrogen (secondary N) is 3. The molecule has 2 bridgehead atoms. The predicted octanol–water partition coefficient (Wildman–Crippen LogP) is 1.08. The molecule has 3 N–H and O–H groups in total. The van der Waals surface area contributed by atoms with Crippen molar-refractivity contribution >= 4 is 24.2 Å². The van der Waals surface area contributed by atoms with Gasteiger partial charge in [0.15, 0.2) is 0 Å². The quantitative estimate of drug-likeness (QED) is 0.694. The van der Waals surface area contributed by atoms with Gasteiger partial charge in [0.2, 0.25) is 11.5 Å². The van der Waals surface area contributed by atoms with Gasteiger partial charge >= 0.3 is 0 Å². The van der Waals surface area contributed by atoms with Crippen LogP contribution in [0.3, 0.4) is 0 Å². The van der Waals surface area contributed by atoms with E-state index in [4.69, 9.17) is 0 Å². The summed E-state index contributed by atoms with van der Waals surface area (Å²) in [4.78, 5) is 41.8. The Balaban J connectivity index is 0.00000225. The highest BCUT2D eigenvalue weighted by Crippen LogP contribution is 2.39. The lowest BCUT2D eigenvalue weighted by Gasteiger charge is -2.54. The maximum absolute atomic E-state index is 12.7. The number of hydrogen-bond acceptors (Lipinski definition) is 4. The normalized spacial score (nSPS) is 28.9. The Morgan fingerprint density at radius 3 is 2.82 bits per heavy atom. The number of piperidine rings is 3. The molecule has 3 saturated heterocycles. The molecule has 2 amide bonds. The maximum atomic E-state index is 12.7. The molecule has 8 heteroatoms. The second-order valence-electron chi connectivity index (χ2n) is 8.02. The molecule has 0 spiro atoms. The third-order valence-electron chi connectivity index (χ3n) is 6.47. The summed E-state index contributed by atoms with van der Waals surface area (Å²) < 4.78 is 0. The van der Waals surface area contributed by atoms with Crippen LogP contribution in [0.2, 0.25) is 0 Å². The molecule has 28 heavy (non-hydrogen) atoms. The van der Waals surface area contributed by atoms with Gasteiger partial charge in [0.1, 0.15) is 0 Å². The molecule has 0 radical (unpaired) electrons. The largest absolute Gasteiger partial charge is 0.350 e. The Hall–Kier alpha value is -1.86. The van der Waals surface area contributed by atoms with Crippen LogP contribution in [0.15, 0.2) is 16.9 Å². The van der Waals surface area contributed by atoms with E-state index in [0.29, 0.717) is 48.5 Å². The summed E-state index contributed by atoms with van der Waals surface area (Å²) in [6, 6.07) is 3.32. The highest BCUT2D eigenvalue weighted by Gasteiger charge is 2.47. The Labute approximate surface area is 171 Å². The second-order valence-corrected chi connectivity index (χ2v) is 8.02. The lowest BCUT2D eigenvalue weighted by Crippen LogP contribution is -2.66. The van der Waals surface area contributed by atoms with E-state index in [1.54, 1.807) is 6.07 Å². The molecule has 7 nitrogen and oxygen atoms in total. The molecular weight excluding hydrogens is 380 g/mol. The lowest BCUT2D eigenvalue weighted by molar-refractivity contribution is -0.148. The number of carbonyl (C=O) groups excluding carboxylic acids is 2. The first-order valence-corrected chi connectivity index (χ1v) is 10.1. The Morgan fingerprint density at radius 2 is 2.04 bits per heavy atom. The molecule has 1 aromatic rings. The summed E-state index contributed by atoms with van der Waals surface area (Å²) in [5.41, 5.74) is 0.959. The smallest absolute Gasteiger partial charge is 0.253 e. The van der Waals surface area contributed by atoms with Crippen molar-refractivity contribution < 1.29 is 9.59 Å². The molecule has 0 saturated carbocycles. The standard InChI is InChI=1S/C20H28N4O3.ClH/c1-2-15-14(6-7-18(25)23-15)20(27)22-11-17-13-8-12(9-21-10-13)16-4-3-5-19(26)24(16)17;/h6-7,12-13,16-17,21H,2-5,8-11H2,1H3,(H,22,27)(H,23,25);1H/t12-,13+,16+,17+;/m1./s1. The summed E-state index contributed by atoms with van der Waals surface area (Å²) >= 11 is 0. The number of aromatic amines is 1. The molecule has 1 aromatic heterocycles. The number of halogens is 1. The molecule has 3 aliphatic heterocycles. The first-order valence-electron chi connectivity index (χ1n) is 10.1. The molecule has 154 valence electrons. The molecule has 4 atom stereocenters. The van der Waals surface area contributed by atoms with Crippen LogP contribution in [0.25, 0.3) is 0 Å². The van der Waals surface area contributed by atoms with Gasteiger partial charge in [0, 0.05) is 37.3 Å². The molecule has 0 aromatic carbocycles. The average Bonchev–Trinajstić information content (AvgIpc) is 2.68. The van der Waals surface area contributed by atoms with Crippen LogP contribution in [0, 0.1) is 11.8 Å². The second kappa shape index (κ2) is 8.66. The molecule has 4 heterocycles. The number of nitrogens with zero attached hydrogens (tertiary/aromatic N) is 1. The minimum atomic E-state index is -0.197. The number of carbonyl (C=O) groups is 2. The van der Waals surface area contributed by atoms with Crippen molar-refractivity contribution in [2.45, 2.75) is 51.1 Å². The molecular formula is C20H29ClN4O3. The number of pyridine rings is 1. The van der Waals surface area contributed by atoms with E-state index in [-0.39, 0.29) is 35.8 Å². The van der Waals surface area contributed by atoms with Crippen molar-refractivity contribution in [3.05, 3.63) is 33.7 Å². The number of hydrogen-bond donors (Lipinski definition) is 3. The van der Waals surface area contributed by atoms with Gasteiger partial charge in [0.25, 0.3) is 5.91 Å². The first kappa shape index (κ1) is 20.9. The predicted molar refractivity (Wildman–Crippen MR) is 109 cm³/mol. The molecule has 3 aliphatic rings. The number of H-pyrrole nitrogens is 1. The fourth-order valence-electron chi connectivity index (χ4n) is 5.20. The van der Waals surface area contributed by atoms with Crippen LogP contribution in [0.1, 0.15) is 48.7 Å². The van der Waals surface area contributed by atoms with Crippen LogP contribution in [-0.2, 0) is 11.2 Å². The zero-order valence-corrected chi connectivity index (χ0v) is 17.0. The van der Waals surface area contributed by atoms with Gasteiger partial charge in [-0.3, -0.25) is 14.4 Å². The van der Waals surface area contributed by atoms with Gasteiger partial charge in [-0.15, -0.1) is 12.4 Å². The van der Waals surface area contributed by atoms with Gasteiger partial charge in [-0.25, -0.2) is 0 Å². The van der Waals surface area contributed by atoms with Crippen molar-refractivity contribution in [3.8, 4) is 0 Å². The van der Waals surface area contributed by atoms with Crippen molar-refractivity contribution in [1.82, 2.24) is 20.5 Å². The number of fused-ring (bicyclic) bond motifs is 4. The fourth-order valence-corrected chi connectivity index (χ4v) is 5.20. The minimum Gasteiger partial charge on any atom is -0.350 e. The minimum absolute atomic E-state index is 0. The van der Waals surface area contributed by atoms with Crippen LogP contribution in [0.4, 0.5) is 0 Å². The molecule has 0 aliphatic carbocycles.